The Morgan fingerprint density at radius 2 is 1.40 bits per heavy atom. The van der Waals surface area contributed by atoms with Crippen molar-refractivity contribution in [3.8, 4) is 0 Å². The Morgan fingerprint density at radius 1 is 0.967 bits per heavy atom. The smallest absolute Gasteiger partial charge is 0.306 e. The first kappa shape index (κ1) is 29.5. The highest BCUT2D eigenvalue weighted by molar-refractivity contribution is 6.74. The first-order chi connectivity index (χ1) is 13.2. The lowest BCUT2D eigenvalue weighted by Crippen LogP contribution is -2.47. The Hall–Kier alpha value is -0.476. The molecule has 0 aliphatic carbocycles. The van der Waals surface area contributed by atoms with E-state index in [0.29, 0.717) is 6.42 Å². The fourth-order valence-corrected chi connectivity index (χ4v) is 5.15. The van der Waals surface area contributed by atoms with Gasteiger partial charge in [0.2, 0.25) is 0 Å². The lowest BCUT2D eigenvalue weighted by molar-refractivity contribution is -0.152. The molecule has 0 fully saturated rings. The van der Waals surface area contributed by atoms with Crippen molar-refractivity contribution < 1.29 is 23.5 Å². The molecule has 1 N–H and O–H groups in total. The number of ether oxygens (including phenoxy) is 1. The standard InChI is InChI=1S/C23H48O5Si2/c1-14-19(27-29(10,11)22(4,5)6)18(3)26-21(25)16-15-20(17(2)24)28-30(12,13)23(7,8)9/h14,17-20,24H,1,15-16H2,2-13H3/t17-,18-,19+,20+/m0/s1. The Labute approximate surface area is 187 Å². The van der Waals surface area contributed by atoms with Gasteiger partial charge in [0.1, 0.15) is 12.2 Å². The normalized spacial score (nSPS) is 17.8. The number of aliphatic hydroxyl groups is 1. The fourth-order valence-electron chi connectivity index (χ4n) is 2.40. The van der Waals surface area contributed by atoms with Gasteiger partial charge in [0.15, 0.2) is 16.6 Å². The highest BCUT2D eigenvalue weighted by Crippen LogP contribution is 2.39. The van der Waals surface area contributed by atoms with Crippen LogP contribution in [0.1, 0.15) is 68.2 Å². The average molecular weight is 461 g/mol. The summed E-state index contributed by atoms with van der Waals surface area (Å²) in [7, 11) is -4.05. The molecule has 0 aliphatic heterocycles. The lowest BCUT2D eigenvalue weighted by atomic mass is 10.1. The third-order valence-corrected chi connectivity index (χ3v) is 15.7. The van der Waals surface area contributed by atoms with Crippen LogP contribution in [-0.2, 0) is 18.4 Å². The molecule has 0 saturated heterocycles. The van der Waals surface area contributed by atoms with Gasteiger partial charge in [-0.3, -0.25) is 4.79 Å². The van der Waals surface area contributed by atoms with E-state index < -0.39 is 28.8 Å². The molecule has 178 valence electrons. The van der Waals surface area contributed by atoms with E-state index in [-0.39, 0.29) is 34.7 Å². The number of carbonyl (C=O) groups is 1. The van der Waals surface area contributed by atoms with Crippen molar-refractivity contribution in [3.05, 3.63) is 12.7 Å². The van der Waals surface area contributed by atoms with E-state index >= 15 is 0 Å². The maximum Gasteiger partial charge on any atom is 0.306 e. The molecule has 0 rings (SSSR count). The van der Waals surface area contributed by atoms with E-state index in [0.717, 1.165) is 0 Å². The van der Waals surface area contributed by atoms with Gasteiger partial charge in [-0.15, -0.1) is 6.58 Å². The van der Waals surface area contributed by atoms with Gasteiger partial charge in [-0.05, 0) is 56.5 Å². The molecule has 0 unspecified atom stereocenters. The molecule has 0 amide bonds. The molecule has 0 spiro atoms. The number of rotatable bonds is 11. The van der Waals surface area contributed by atoms with E-state index in [1.807, 2.05) is 6.92 Å². The summed E-state index contributed by atoms with van der Waals surface area (Å²) in [5.41, 5.74) is 0. The highest BCUT2D eigenvalue weighted by Gasteiger charge is 2.41. The third kappa shape index (κ3) is 8.95. The van der Waals surface area contributed by atoms with Gasteiger partial charge in [-0.1, -0.05) is 47.6 Å². The summed E-state index contributed by atoms with van der Waals surface area (Å²) in [6.45, 7) is 29.1. The summed E-state index contributed by atoms with van der Waals surface area (Å²) in [4.78, 5) is 12.5. The zero-order valence-corrected chi connectivity index (χ0v) is 23.6. The van der Waals surface area contributed by atoms with E-state index in [9.17, 15) is 9.90 Å². The van der Waals surface area contributed by atoms with Gasteiger partial charge in [-0.25, -0.2) is 0 Å². The predicted octanol–water partition coefficient (Wildman–Crippen LogP) is 6.05. The second-order valence-electron chi connectivity index (χ2n) is 11.5. The monoisotopic (exact) mass is 460 g/mol. The number of aliphatic hydroxyl groups excluding tert-OH is 1. The maximum absolute atomic E-state index is 12.5. The number of carbonyl (C=O) groups excluding carboxylic acids is 1. The number of hydrogen-bond donors (Lipinski definition) is 1. The van der Waals surface area contributed by atoms with Crippen LogP contribution in [-0.4, -0.2) is 52.1 Å². The van der Waals surface area contributed by atoms with Gasteiger partial charge in [0.25, 0.3) is 0 Å². The van der Waals surface area contributed by atoms with E-state index in [1.165, 1.54) is 0 Å². The van der Waals surface area contributed by atoms with Crippen LogP contribution >= 0.6 is 0 Å². The second-order valence-corrected chi connectivity index (χ2v) is 21.0. The number of hydrogen-bond acceptors (Lipinski definition) is 5. The first-order valence-corrected chi connectivity index (χ1v) is 16.9. The van der Waals surface area contributed by atoms with Crippen LogP contribution in [0.4, 0.5) is 0 Å². The Balaban J connectivity index is 4.95. The van der Waals surface area contributed by atoms with E-state index in [1.54, 1.807) is 13.0 Å². The zero-order chi connectivity index (χ0) is 24.1. The molecule has 7 heteroatoms. The average Bonchev–Trinajstić information content (AvgIpc) is 2.53. The molecule has 0 aromatic heterocycles. The van der Waals surface area contributed by atoms with Crippen LogP contribution in [0.2, 0.25) is 36.3 Å². The summed E-state index contributed by atoms with van der Waals surface area (Å²) >= 11 is 0. The molecule has 30 heavy (non-hydrogen) atoms. The van der Waals surface area contributed by atoms with Crippen LogP contribution in [0, 0.1) is 0 Å². The van der Waals surface area contributed by atoms with Crippen molar-refractivity contribution in [1.29, 1.82) is 0 Å². The maximum atomic E-state index is 12.5. The van der Waals surface area contributed by atoms with Gasteiger partial charge in [0, 0.05) is 6.42 Å². The third-order valence-electron chi connectivity index (χ3n) is 6.67. The summed E-state index contributed by atoms with van der Waals surface area (Å²) in [6.07, 6.45) is 0.550. The lowest BCUT2D eigenvalue weighted by Gasteiger charge is -2.40. The van der Waals surface area contributed by atoms with Crippen molar-refractivity contribution >= 4 is 22.6 Å². The first-order valence-electron chi connectivity index (χ1n) is 11.1. The molecule has 0 aromatic carbocycles. The highest BCUT2D eigenvalue weighted by atomic mass is 28.4. The van der Waals surface area contributed by atoms with Crippen LogP contribution in [0.25, 0.3) is 0 Å². The molecule has 0 radical (unpaired) electrons. The minimum Gasteiger partial charge on any atom is -0.460 e. The number of esters is 1. The van der Waals surface area contributed by atoms with Crippen LogP contribution < -0.4 is 0 Å². The topological polar surface area (TPSA) is 65.0 Å². The minimum atomic E-state index is -2.04. The quantitative estimate of drug-likeness (QED) is 0.231. The van der Waals surface area contributed by atoms with Crippen LogP contribution in [0.3, 0.4) is 0 Å². The molecule has 0 aromatic rings. The molecule has 0 saturated carbocycles. The van der Waals surface area contributed by atoms with Gasteiger partial charge in [0.05, 0.1) is 12.2 Å². The SMILES string of the molecule is C=C[C@@H](O[Si](C)(C)C(C)(C)C)[C@H](C)OC(=O)CC[C@@H](O[Si](C)(C)C(C)(C)C)[C@H](C)O. The Bertz CT molecular complexity index is 559. The van der Waals surface area contributed by atoms with Crippen LogP contribution in [0.5, 0.6) is 0 Å². The second kappa shape index (κ2) is 10.9. The van der Waals surface area contributed by atoms with Gasteiger partial charge < -0.3 is 18.7 Å². The molecule has 0 heterocycles. The molecule has 4 atom stereocenters. The van der Waals surface area contributed by atoms with E-state index in [2.05, 4.69) is 74.3 Å². The Kier molecular flexibility index (Phi) is 10.7. The zero-order valence-electron chi connectivity index (χ0n) is 21.6. The van der Waals surface area contributed by atoms with Crippen molar-refractivity contribution in [2.24, 2.45) is 0 Å². The summed E-state index contributed by atoms with van der Waals surface area (Å²) in [6, 6.07) is 0. The largest absolute Gasteiger partial charge is 0.460 e. The van der Waals surface area contributed by atoms with Gasteiger partial charge >= 0.3 is 5.97 Å². The summed E-state index contributed by atoms with van der Waals surface area (Å²) < 4.78 is 18.4. The molecule has 0 aliphatic rings. The molecular weight excluding hydrogens is 412 g/mol. The predicted molar refractivity (Wildman–Crippen MR) is 131 cm³/mol. The molecule has 5 nitrogen and oxygen atoms in total. The van der Waals surface area contributed by atoms with Crippen LogP contribution in [0.15, 0.2) is 12.7 Å². The Morgan fingerprint density at radius 3 is 1.77 bits per heavy atom. The summed E-state index contributed by atoms with van der Waals surface area (Å²) in [5, 5.41) is 10.3. The van der Waals surface area contributed by atoms with Crippen molar-refractivity contribution in [1.82, 2.24) is 0 Å². The van der Waals surface area contributed by atoms with Crippen molar-refractivity contribution in [3.63, 3.8) is 0 Å². The van der Waals surface area contributed by atoms with E-state index in [4.69, 9.17) is 13.6 Å². The van der Waals surface area contributed by atoms with Crippen molar-refractivity contribution in [2.75, 3.05) is 0 Å². The molecular formula is C23H48O5Si2. The fraction of sp³-hybridized carbons (Fsp3) is 0.870. The van der Waals surface area contributed by atoms with Gasteiger partial charge in [-0.2, -0.15) is 0 Å². The van der Waals surface area contributed by atoms with Crippen molar-refractivity contribution in [2.45, 2.75) is 129 Å². The minimum absolute atomic E-state index is 0.0351. The summed E-state index contributed by atoms with van der Waals surface area (Å²) in [5.74, 6) is -0.308. The molecule has 0 bridgehead atoms.